The lowest BCUT2D eigenvalue weighted by Crippen LogP contribution is -2.06. The minimum absolute atomic E-state index is 0.373. The van der Waals surface area contributed by atoms with Crippen LogP contribution in [0, 0.1) is 0 Å². The minimum atomic E-state index is -1.55. The van der Waals surface area contributed by atoms with E-state index in [4.69, 9.17) is 10.2 Å². The predicted octanol–water partition coefficient (Wildman–Crippen LogP) is -2.45. The molecule has 0 aromatic rings. The average molecular weight is 94.1 g/mol. The normalized spacial score (nSPS) is 10.2. The van der Waals surface area contributed by atoms with E-state index in [9.17, 15) is 0 Å². The first kappa shape index (κ1) is 5.10. The summed E-state index contributed by atoms with van der Waals surface area (Å²) in [7, 11) is 0.373. The molecule has 0 aliphatic carbocycles. The van der Waals surface area contributed by atoms with Gasteiger partial charge in [0.05, 0.1) is 0 Å². The van der Waals surface area contributed by atoms with Gasteiger partial charge in [0.1, 0.15) is 0 Å². The third kappa shape index (κ3) is 4.10. The second-order valence-electron chi connectivity index (χ2n) is 0.562. The SMILES string of the molecule is OC(O)O[SiH3]. The Kier molecular flexibility index (Phi) is 2.39. The van der Waals surface area contributed by atoms with E-state index in [0.717, 1.165) is 0 Å². The van der Waals surface area contributed by atoms with Crippen molar-refractivity contribution in [3.8, 4) is 0 Å². The fraction of sp³-hybridized carbons (Fsp3) is 1.00. The van der Waals surface area contributed by atoms with Crippen molar-refractivity contribution >= 4 is 10.5 Å². The summed E-state index contributed by atoms with van der Waals surface area (Å²) in [5.41, 5.74) is 0. The second kappa shape index (κ2) is 2.34. The molecule has 0 heterocycles. The molecule has 0 rings (SSSR count). The molecule has 0 saturated carbocycles. The summed E-state index contributed by atoms with van der Waals surface area (Å²) >= 11 is 0. The van der Waals surface area contributed by atoms with E-state index in [-0.39, 0.29) is 0 Å². The summed E-state index contributed by atoms with van der Waals surface area (Å²) in [6.45, 7) is -1.55. The van der Waals surface area contributed by atoms with E-state index in [1.54, 1.807) is 0 Å². The Hall–Kier alpha value is 0.0969. The number of aliphatic hydroxyl groups excluding tert-OH is 1. The average Bonchev–Trinajstić information content (AvgIpc) is 1.38. The molecule has 0 amide bonds. The van der Waals surface area contributed by atoms with Crippen molar-refractivity contribution in [2.24, 2.45) is 0 Å². The molecule has 0 aromatic heterocycles. The van der Waals surface area contributed by atoms with Crippen LogP contribution in [0.3, 0.4) is 0 Å². The van der Waals surface area contributed by atoms with Crippen LogP contribution in [0.15, 0.2) is 0 Å². The monoisotopic (exact) mass is 94.0 g/mol. The van der Waals surface area contributed by atoms with Crippen molar-refractivity contribution < 1.29 is 14.6 Å². The second-order valence-corrected chi connectivity index (χ2v) is 1.03. The summed E-state index contributed by atoms with van der Waals surface area (Å²) < 4.78 is 4.00. The van der Waals surface area contributed by atoms with Gasteiger partial charge in [0.15, 0.2) is 10.5 Å². The van der Waals surface area contributed by atoms with Gasteiger partial charge >= 0.3 is 0 Å². The number of hydrogen-bond donors (Lipinski definition) is 2. The summed E-state index contributed by atoms with van der Waals surface area (Å²) in [6, 6.07) is 0. The van der Waals surface area contributed by atoms with E-state index < -0.39 is 6.48 Å². The van der Waals surface area contributed by atoms with Gasteiger partial charge in [0.25, 0.3) is 6.48 Å². The van der Waals surface area contributed by atoms with Crippen molar-refractivity contribution in [2.75, 3.05) is 0 Å². The Morgan fingerprint density at radius 1 is 1.60 bits per heavy atom. The van der Waals surface area contributed by atoms with E-state index in [1.807, 2.05) is 0 Å². The molecule has 0 atom stereocenters. The van der Waals surface area contributed by atoms with Crippen molar-refractivity contribution in [3.63, 3.8) is 0 Å². The molecule has 0 aliphatic rings. The lowest BCUT2D eigenvalue weighted by molar-refractivity contribution is -0.177. The molecular weight excluding hydrogens is 88.1 g/mol. The van der Waals surface area contributed by atoms with Crippen LogP contribution in [0.5, 0.6) is 0 Å². The van der Waals surface area contributed by atoms with Crippen molar-refractivity contribution in [3.05, 3.63) is 0 Å². The summed E-state index contributed by atoms with van der Waals surface area (Å²) in [5.74, 6) is 0. The fourth-order valence-electron chi connectivity index (χ4n) is 0. The van der Waals surface area contributed by atoms with Crippen molar-refractivity contribution in [1.29, 1.82) is 0 Å². The van der Waals surface area contributed by atoms with E-state index in [0.29, 0.717) is 10.5 Å². The fourth-order valence-corrected chi connectivity index (χ4v) is 0. The molecule has 5 heavy (non-hydrogen) atoms. The molecule has 0 saturated heterocycles. The first-order valence-electron chi connectivity index (χ1n) is 1.16. The van der Waals surface area contributed by atoms with Gasteiger partial charge < -0.3 is 14.6 Å². The minimum Gasteiger partial charge on any atom is -0.383 e. The van der Waals surface area contributed by atoms with Gasteiger partial charge in [0.2, 0.25) is 0 Å². The van der Waals surface area contributed by atoms with Crippen LogP contribution in [-0.4, -0.2) is 27.2 Å². The van der Waals surface area contributed by atoms with E-state index in [1.165, 1.54) is 0 Å². The number of rotatable bonds is 1. The standard InChI is InChI=1S/CH6O3Si/c2-1(3)4-5/h1-3H,5H3. The molecule has 0 unspecified atom stereocenters. The molecular formula is CH6O3Si. The van der Waals surface area contributed by atoms with Crippen LogP contribution in [0.1, 0.15) is 0 Å². The molecule has 32 valence electrons. The van der Waals surface area contributed by atoms with E-state index in [2.05, 4.69) is 4.43 Å². The molecule has 0 spiro atoms. The van der Waals surface area contributed by atoms with Crippen LogP contribution < -0.4 is 0 Å². The van der Waals surface area contributed by atoms with Gasteiger partial charge in [-0.1, -0.05) is 0 Å². The molecule has 2 N–H and O–H groups in total. The maximum Gasteiger partial charge on any atom is 0.256 e. The van der Waals surface area contributed by atoms with Crippen molar-refractivity contribution in [2.45, 2.75) is 6.48 Å². The topological polar surface area (TPSA) is 49.7 Å². The molecule has 0 radical (unpaired) electrons. The Morgan fingerprint density at radius 2 is 1.80 bits per heavy atom. The van der Waals surface area contributed by atoms with Crippen LogP contribution in [0.2, 0.25) is 0 Å². The molecule has 4 heteroatoms. The van der Waals surface area contributed by atoms with Crippen LogP contribution in [-0.2, 0) is 4.43 Å². The molecule has 0 aliphatic heterocycles. The lowest BCUT2D eigenvalue weighted by Gasteiger charge is -1.93. The Bertz CT molecular complexity index is 20.9. The number of aliphatic hydroxyl groups is 2. The lowest BCUT2D eigenvalue weighted by atomic mass is 11.4. The Balaban J connectivity index is 2.54. The highest BCUT2D eigenvalue weighted by molar-refractivity contribution is 5.97. The number of hydrogen-bond acceptors (Lipinski definition) is 3. The smallest absolute Gasteiger partial charge is 0.256 e. The van der Waals surface area contributed by atoms with Gasteiger partial charge in [0, 0.05) is 0 Å². The maximum atomic E-state index is 7.73. The summed E-state index contributed by atoms with van der Waals surface area (Å²) in [4.78, 5) is 0. The zero-order chi connectivity index (χ0) is 4.28. The zero-order valence-corrected chi connectivity index (χ0v) is 4.88. The van der Waals surface area contributed by atoms with Crippen LogP contribution >= 0.6 is 0 Å². The van der Waals surface area contributed by atoms with E-state index >= 15 is 0 Å². The third-order valence-electron chi connectivity index (χ3n) is 0.211. The molecule has 3 nitrogen and oxygen atoms in total. The molecule has 0 fully saturated rings. The van der Waals surface area contributed by atoms with Gasteiger partial charge in [-0.05, 0) is 0 Å². The quantitative estimate of drug-likeness (QED) is 0.280. The van der Waals surface area contributed by atoms with Gasteiger partial charge in [-0.2, -0.15) is 0 Å². The van der Waals surface area contributed by atoms with Gasteiger partial charge in [-0.25, -0.2) is 0 Å². The Morgan fingerprint density at radius 3 is 1.80 bits per heavy atom. The van der Waals surface area contributed by atoms with Gasteiger partial charge in [-0.3, -0.25) is 0 Å². The summed E-state index contributed by atoms with van der Waals surface area (Å²) in [5, 5.41) is 15.5. The van der Waals surface area contributed by atoms with Gasteiger partial charge in [-0.15, -0.1) is 0 Å². The van der Waals surface area contributed by atoms with Crippen LogP contribution in [0.25, 0.3) is 0 Å². The highest BCUT2D eigenvalue weighted by atomic mass is 28.2. The third-order valence-corrected chi connectivity index (χ3v) is 0.632. The molecule has 0 aromatic carbocycles. The van der Waals surface area contributed by atoms with Crippen molar-refractivity contribution in [1.82, 2.24) is 0 Å². The maximum absolute atomic E-state index is 7.73. The highest BCUT2D eigenvalue weighted by Gasteiger charge is 1.81. The first-order valence-corrected chi connectivity index (χ1v) is 1.98. The predicted molar refractivity (Wildman–Crippen MR) is 19.2 cm³/mol. The molecule has 0 bridgehead atoms. The Labute approximate surface area is 32.7 Å². The summed E-state index contributed by atoms with van der Waals surface area (Å²) in [6.07, 6.45) is 0. The van der Waals surface area contributed by atoms with Crippen LogP contribution in [0.4, 0.5) is 0 Å². The zero-order valence-electron chi connectivity index (χ0n) is 2.88. The first-order chi connectivity index (χ1) is 2.27. The highest BCUT2D eigenvalue weighted by Crippen LogP contribution is 1.65. The largest absolute Gasteiger partial charge is 0.383 e.